The third kappa shape index (κ3) is 5.33. The van der Waals surface area contributed by atoms with E-state index in [-0.39, 0.29) is 5.56 Å². The number of nitrogens with zero attached hydrogens (tertiary/aromatic N) is 2. The number of nitriles is 2. The van der Waals surface area contributed by atoms with E-state index in [9.17, 15) is 9.59 Å². The van der Waals surface area contributed by atoms with Gasteiger partial charge in [0.1, 0.15) is 0 Å². The molecule has 0 aliphatic carbocycles. The van der Waals surface area contributed by atoms with E-state index >= 15 is 0 Å². The van der Waals surface area contributed by atoms with Crippen molar-refractivity contribution < 1.29 is 14.7 Å². The summed E-state index contributed by atoms with van der Waals surface area (Å²) in [5.41, 5.74) is 2.51. The van der Waals surface area contributed by atoms with Crippen molar-refractivity contribution in [2.24, 2.45) is 0 Å². The summed E-state index contributed by atoms with van der Waals surface area (Å²) < 4.78 is 0. The van der Waals surface area contributed by atoms with Crippen molar-refractivity contribution in [2.45, 2.75) is 6.92 Å². The van der Waals surface area contributed by atoms with E-state index < -0.39 is 5.97 Å². The van der Waals surface area contributed by atoms with Crippen LogP contribution in [0.15, 0.2) is 42.5 Å². The van der Waals surface area contributed by atoms with Crippen molar-refractivity contribution in [1.29, 1.82) is 10.5 Å². The Morgan fingerprint density at radius 2 is 1.65 bits per heavy atom. The van der Waals surface area contributed by atoms with Gasteiger partial charge in [-0.2, -0.15) is 10.5 Å². The summed E-state index contributed by atoms with van der Waals surface area (Å²) in [6, 6.07) is 15.1. The molecular weight excluding hydrogens is 294 g/mol. The van der Waals surface area contributed by atoms with Gasteiger partial charge in [-0.25, -0.2) is 4.79 Å². The minimum atomic E-state index is -0.996. The molecule has 0 unspecified atom stereocenters. The molecule has 6 nitrogen and oxygen atoms in total. The number of aryl methyl sites for hydroxylation is 1. The first-order valence-electron chi connectivity index (χ1n) is 6.46. The molecule has 23 heavy (non-hydrogen) atoms. The van der Waals surface area contributed by atoms with Crippen LogP contribution in [0.5, 0.6) is 0 Å². The topological polar surface area (TPSA) is 114 Å². The van der Waals surface area contributed by atoms with Crippen LogP contribution in [0, 0.1) is 29.6 Å². The number of carboxylic acids is 1. The largest absolute Gasteiger partial charge is 0.478 e. The Hall–Kier alpha value is -3.64. The van der Waals surface area contributed by atoms with Gasteiger partial charge in [0.2, 0.25) is 6.41 Å². The average molecular weight is 307 g/mol. The van der Waals surface area contributed by atoms with Gasteiger partial charge >= 0.3 is 5.97 Å². The SMILES string of the molecule is Cc1ccc(C#N)cc1C(=O)O.N#Cc1ccc(NC=O)cc1. The number of carbonyl (C=O) groups excluding carboxylic acids is 1. The first kappa shape index (κ1) is 17.4. The number of rotatable bonds is 3. The smallest absolute Gasteiger partial charge is 0.335 e. The van der Waals surface area contributed by atoms with E-state index in [1.165, 1.54) is 6.07 Å². The second-order valence-corrected chi connectivity index (χ2v) is 4.40. The number of aromatic carboxylic acids is 1. The predicted octanol–water partition coefficient (Wildman–Crippen LogP) is 2.69. The highest BCUT2D eigenvalue weighted by molar-refractivity contribution is 5.89. The van der Waals surface area contributed by atoms with Gasteiger partial charge in [-0.1, -0.05) is 6.07 Å². The highest BCUT2D eigenvalue weighted by Crippen LogP contribution is 2.10. The number of hydrogen-bond donors (Lipinski definition) is 2. The van der Waals surface area contributed by atoms with E-state index in [1.807, 2.05) is 12.1 Å². The molecule has 0 fully saturated rings. The highest BCUT2D eigenvalue weighted by atomic mass is 16.4. The Morgan fingerprint density at radius 1 is 1.09 bits per heavy atom. The molecule has 6 heteroatoms. The number of benzene rings is 2. The molecule has 1 amide bonds. The Balaban J connectivity index is 0.000000231. The van der Waals surface area contributed by atoms with Crippen LogP contribution >= 0.6 is 0 Å². The average Bonchev–Trinajstić information content (AvgIpc) is 2.56. The molecule has 0 atom stereocenters. The number of carboxylic acid groups (broad SMARTS) is 1. The molecule has 0 aliphatic heterocycles. The molecular formula is C17H13N3O3. The van der Waals surface area contributed by atoms with E-state index in [0.717, 1.165) is 0 Å². The zero-order valence-electron chi connectivity index (χ0n) is 12.3. The lowest BCUT2D eigenvalue weighted by molar-refractivity contribution is -0.105. The van der Waals surface area contributed by atoms with Gasteiger partial charge in [-0.3, -0.25) is 4.79 Å². The Morgan fingerprint density at radius 3 is 2.13 bits per heavy atom. The number of amides is 1. The molecule has 0 heterocycles. The molecule has 2 rings (SSSR count). The summed E-state index contributed by atoms with van der Waals surface area (Å²) in [6.45, 7) is 1.70. The van der Waals surface area contributed by atoms with Crippen LogP contribution in [-0.4, -0.2) is 17.5 Å². The number of carbonyl (C=O) groups is 2. The van der Waals surface area contributed by atoms with Crippen molar-refractivity contribution >= 4 is 18.1 Å². The fourth-order valence-corrected chi connectivity index (χ4v) is 1.63. The highest BCUT2D eigenvalue weighted by Gasteiger charge is 2.06. The van der Waals surface area contributed by atoms with Gasteiger partial charge in [-0.05, 0) is 48.9 Å². The number of nitrogens with one attached hydrogen (secondary N) is 1. The Labute approximate surface area is 133 Å². The maximum Gasteiger partial charge on any atom is 0.335 e. The third-order valence-electron chi connectivity index (χ3n) is 2.84. The summed E-state index contributed by atoms with van der Waals surface area (Å²) in [7, 11) is 0. The molecule has 0 saturated heterocycles. The van der Waals surface area contributed by atoms with Crippen LogP contribution in [-0.2, 0) is 4.79 Å². The molecule has 0 radical (unpaired) electrons. The van der Waals surface area contributed by atoms with Crippen LogP contribution in [0.3, 0.4) is 0 Å². The Bertz CT molecular complexity index is 784. The van der Waals surface area contributed by atoms with Crippen molar-refractivity contribution in [1.82, 2.24) is 0 Å². The summed E-state index contributed by atoms with van der Waals surface area (Å²) >= 11 is 0. The number of anilines is 1. The first-order chi connectivity index (χ1) is 11.0. The zero-order chi connectivity index (χ0) is 17.2. The second-order valence-electron chi connectivity index (χ2n) is 4.40. The molecule has 0 saturated carbocycles. The maximum absolute atomic E-state index is 10.6. The van der Waals surface area contributed by atoms with Crippen molar-refractivity contribution in [3.8, 4) is 12.1 Å². The molecule has 2 aromatic rings. The van der Waals surface area contributed by atoms with Crippen LogP contribution in [0.1, 0.15) is 27.0 Å². The quantitative estimate of drug-likeness (QED) is 0.846. The molecule has 0 aliphatic rings. The molecule has 0 aromatic heterocycles. The lowest BCUT2D eigenvalue weighted by atomic mass is 10.1. The molecule has 0 spiro atoms. The van der Waals surface area contributed by atoms with E-state index in [2.05, 4.69) is 5.32 Å². The first-order valence-corrected chi connectivity index (χ1v) is 6.46. The fraction of sp³-hybridized carbons (Fsp3) is 0.0588. The molecule has 114 valence electrons. The fourth-order valence-electron chi connectivity index (χ4n) is 1.63. The van der Waals surface area contributed by atoms with Gasteiger partial charge in [0.25, 0.3) is 0 Å². The molecule has 2 aromatic carbocycles. The molecule has 2 N–H and O–H groups in total. The van der Waals surface area contributed by atoms with E-state index in [4.69, 9.17) is 15.6 Å². The van der Waals surface area contributed by atoms with Crippen LogP contribution in [0.4, 0.5) is 5.69 Å². The molecule has 0 bridgehead atoms. The number of hydrogen-bond acceptors (Lipinski definition) is 4. The summed E-state index contributed by atoms with van der Waals surface area (Å²) in [6.07, 6.45) is 0.599. The summed E-state index contributed by atoms with van der Waals surface area (Å²) in [4.78, 5) is 20.5. The lowest BCUT2D eigenvalue weighted by Gasteiger charge is -1.98. The second kappa shape index (κ2) is 8.60. The monoisotopic (exact) mass is 307 g/mol. The van der Waals surface area contributed by atoms with Gasteiger partial charge in [0.15, 0.2) is 0 Å². The van der Waals surface area contributed by atoms with Gasteiger partial charge in [0, 0.05) is 5.69 Å². The van der Waals surface area contributed by atoms with Crippen molar-refractivity contribution in [2.75, 3.05) is 5.32 Å². The lowest BCUT2D eigenvalue weighted by Crippen LogP contribution is -1.99. The normalized spacial score (nSPS) is 8.65. The summed E-state index contributed by atoms with van der Waals surface area (Å²) in [5, 5.41) is 28.1. The van der Waals surface area contributed by atoms with E-state index in [0.29, 0.717) is 28.8 Å². The predicted molar refractivity (Wildman–Crippen MR) is 83.7 cm³/mol. The van der Waals surface area contributed by atoms with Crippen molar-refractivity contribution in [3.05, 3.63) is 64.7 Å². The van der Waals surface area contributed by atoms with Crippen molar-refractivity contribution in [3.63, 3.8) is 0 Å². The van der Waals surface area contributed by atoms with Crippen LogP contribution in [0.2, 0.25) is 0 Å². The standard InChI is InChI=1S/C9H7NO2.C8H6N2O/c1-6-2-3-7(5-10)4-8(6)9(11)12;9-5-7-1-3-8(4-2-7)10-6-11/h2-4H,1H3,(H,11,12);1-4,6H,(H,10,11). The van der Waals surface area contributed by atoms with Crippen LogP contribution < -0.4 is 5.32 Å². The van der Waals surface area contributed by atoms with Gasteiger partial charge in [0.05, 0.1) is 28.8 Å². The minimum Gasteiger partial charge on any atom is -0.478 e. The minimum absolute atomic E-state index is 0.189. The maximum atomic E-state index is 10.6. The zero-order valence-corrected chi connectivity index (χ0v) is 12.3. The Kier molecular flexibility index (Phi) is 6.51. The van der Waals surface area contributed by atoms with Gasteiger partial charge < -0.3 is 10.4 Å². The van der Waals surface area contributed by atoms with E-state index in [1.54, 1.807) is 43.3 Å². The summed E-state index contributed by atoms with van der Waals surface area (Å²) in [5.74, 6) is -0.996. The van der Waals surface area contributed by atoms with Gasteiger partial charge in [-0.15, -0.1) is 0 Å². The third-order valence-corrected chi connectivity index (χ3v) is 2.84. The van der Waals surface area contributed by atoms with Crippen LogP contribution in [0.25, 0.3) is 0 Å².